The average molecular weight is 399 g/mol. The number of guanidine groups is 1. The van der Waals surface area contributed by atoms with Gasteiger partial charge in [0.05, 0.1) is 5.00 Å². The van der Waals surface area contributed by atoms with Crippen LogP contribution in [0.25, 0.3) is 0 Å². The standard InChI is InChI=1S/C21H30N6S/c1-22-21(25-18-7-12-27(13-8-18)20-5-4-14-28-20)24-16-17-6-9-23-19(15-17)26-10-2-3-11-26/h4-6,9,14-15,18H,2-3,7-8,10-13,16H2,1H3,(H2,22,24,25). The second-order valence-electron chi connectivity index (χ2n) is 7.50. The number of anilines is 2. The number of nitrogens with one attached hydrogen (secondary N) is 2. The van der Waals surface area contributed by atoms with E-state index in [1.165, 1.54) is 23.4 Å². The summed E-state index contributed by atoms with van der Waals surface area (Å²) in [6, 6.07) is 9.10. The van der Waals surface area contributed by atoms with Crippen LogP contribution in [0.1, 0.15) is 31.2 Å². The number of piperidine rings is 1. The Hall–Kier alpha value is -2.28. The summed E-state index contributed by atoms with van der Waals surface area (Å²) in [4.78, 5) is 13.8. The van der Waals surface area contributed by atoms with Gasteiger partial charge in [0.25, 0.3) is 0 Å². The van der Waals surface area contributed by atoms with Gasteiger partial charge in [-0.1, -0.05) is 0 Å². The number of hydrogen-bond donors (Lipinski definition) is 2. The fourth-order valence-electron chi connectivity index (χ4n) is 3.96. The summed E-state index contributed by atoms with van der Waals surface area (Å²) in [5, 5.41) is 10.6. The van der Waals surface area contributed by atoms with Crippen molar-refractivity contribution in [2.45, 2.75) is 38.3 Å². The highest BCUT2D eigenvalue weighted by Gasteiger charge is 2.20. The van der Waals surface area contributed by atoms with Crippen LogP contribution in [0.2, 0.25) is 0 Å². The zero-order valence-electron chi connectivity index (χ0n) is 16.6. The highest BCUT2D eigenvalue weighted by Crippen LogP contribution is 2.24. The molecule has 0 spiro atoms. The van der Waals surface area contributed by atoms with Crippen LogP contribution in [-0.4, -0.2) is 50.2 Å². The Morgan fingerprint density at radius 1 is 1.18 bits per heavy atom. The maximum Gasteiger partial charge on any atom is 0.191 e. The van der Waals surface area contributed by atoms with Crippen LogP contribution in [0, 0.1) is 0 Å². The predicted octanol–water partition coefficient (Wildman–Crippen LogP) is 3.08. The van der Waals surface area contributed by atoms with Crippen molar-refractivity contribution < 1.29 is 0 Å². The van der Waals surface area contributed by atoms with Gasteiger partial charge in [0, 0.05) is 52.0 Å². The number of pyridine rings is 1. The second kappa shape index (κ2) is 9.28. The molecule has 0 aliphatic carbocycles. The fourth-order valence-corrected chi connectivity index (χ4v) is 4.74. The topological polar surface area (TPSA) is 55.8 Å². The Labute approximate surface area is 171 Å². The Morgan fingerprint density at radius 3 is 2.71 bits per heavy atom. The van der Waals surface area contributed by atoms with Gasteiger partial charge in [-0.3, -0.25) is 4.99 Å². The first kappa shape index (κ1) is 19.1. The van der Waals surface area contributed by atoms with Gasteiger partial charge in [0.1, 0.15) is 5.82 Å². The van der Waals surface area contributed by atoms with Crippen LogP contribution in [0.3, 0.4) is 0 Å². The predicted molar refractivity (Wildman–Crippen MR) is 119 cm³/mol. The van der Waals surface area contributed by atoms with E-state index in [1.807, 2.05) is 24.6 Å². The second-order valence-corrected chi connectivity index (χ2v) is 8.43. The molecule has 2 aliphatic heterocycles. The summed E-state index contributed by atoms with van der Waals surface area (Å²) in [5.74, 6) is 1.98. The van der Waals surface area contributed by atoms with E-state index in [2.05, 4.69) is 60.1 Å². The highest BCUT2D eigenvalue weighted by molar-refractivity contribution is 7.14. The van der Waals surface area contributed by atoms with Crippen molar-refractivity contribution in [1.82, 2.24) is 15.6 Å². The fraction of sp³-hybridized carbons (Fsp3) is 0.524. The molecule has 0 radical (unpaired) electrons. The van der Waals surface area contributed by atoms with Crippen LogP contribution in [-0.2, 0) is 6.54 Å². The molecular formula is C21H30N6S. The Kier molecular flexibility index (Phi) is 6.31. The third kappa shape index (κ3) is 4.76. The molecule has 7 heteroatoms. The van der Waals surface area contributed by atoms with Crippen molar-refractivity contribution in [2.75, 3.05) is 43.0 Å². The number of hydrogen-bond acceptors (Lipinski definition) is 5. The molecule has 0 amide bonds. The first-order valence-electron chi connectivity index (χ1n) is 10.3. The maximum absolute atomic E-state index is 4.54. The van der Waals surface area contributed by atoms with E-state index in [0.717, 1.165) is 57.3 Å². The van der Waals surface area contributed by atoms with E-state index in [0.29, 0.717) is 6.04 Å². The summed E-state index contributed by atoms with van der Waals surface area (Å²) in [7, 11) is 1.85. The Balaban J connectivity index is 1.26. The molecule has 28 heavy (non-hydrogen) atoms. The Morgan fingerprint density at radius 2 is 2.00 bits per heavy atom. The van der Waals surface area contributed by atoms with E-state index in [1.54, 1.807) is 0 Å². The summed E-state index contributed by atoms with van der Waals surface area (Å²) >= 11 is 1.83. The molecule has 150 valence electrons. The van der Waals surface area contributed by atoms with Crippen molar-refractivity contribution in [2.24, 2.45) is 4.99 Å². The SMILES string of the molecule is CN=C(NCc1ccnc(N2CCCC2)c1)NC1CCN(c2cccs2)CC1. The summed E-state index contributed by atoms with van der Waals surface area (Å²) in [5.41, 5.74) is 1.24. The van der Waals surface area contributed by atoms with Gasteiger partial charge >= 0.3 is 0 Å². The maximum atomic E-state index is 4.54. The smallest absolute Gasteiger partial charge is 0.191 e. The molecule has 4 rings (SSSR count). The minimum absolute atomic E-state index is 0.472. The van der Waals surface area contributed by atoms with E-state index >= 15 is 0 Å². The zero-order chi connectivity index (χ0) is 19.2. The number of thiophene rings is 1. The number of rotatable bonds is 5. The van der Waals surface area contributed by atoms with E-state index in [-0.39, 0.29) is 0 Å². The number of nitrogens with zero attached hydrogens (tertiary/aromatic N) is 4. The molecular weight excluding hydrogens is 368 g/mol. The van der Waals surface area contributed by atoms with Crippen molar-refractivity contribution in [3.8, 4) is 0 Å². The molecule has 2 saturated heterocycles. The molecule has 4 heterocycles. The van der Waals surface area contributed by atoms with Crippen molar-refractivity contribution >= 4 is 28.1 Å². The molecule has 0 atom stereocenters. The lowest BCUT2D eigenvalue weighted by molar-refractivity contribution is 0.463. The average Bonchev–Trinajstić information content (AvgIpc) is 3.46. The minimum Gasteiger partial charge on any atom is -0.363 e. The highest BCUT2D eigenvalue weighted by atomic mass is 32.1. The molecule has 2 fully saturated rings. The molecule has 0 unspecified atom stereocenters. The van der Waals surface area contributed by atoms with Crippen LogP contribution in [0.15, 0.2) is 40.8 Å². The minimum atomic E-state index is 0.472. The molecule has 2 aromatic rings. The van der Waals surface area contributed by atoms with E-state index in [9.17, 15) is 0 Å². The lowest BCUT2D eigenvalue weighted by Crippen LogP contribution is -2.48. The molecule has 2 aromatic heterocycles. The monoisotopic (exact) mass is 398 g/mol. The molecule has 2 N–H and O–H groups in total. The van der Waals surface area contributed by atoms with E-state index < -0.39 is 0 Å². The first-order valence-corrected chi connectivity index (χ1v) is 11.2. The van der Waals surface area contributed by atoms with Crippen molar-refractivity contribution in [3.05, 3.63) is 41.4 Å². The first-order chi connectivity index (χ1) is 13.8. The van der Waals surface area contributed by atoms with Gasteiger partial charge < -0.3 is 20.4 Å². The van der Waals surface area contributed by atoms with Crippen molar-refractivity contribution in [1.29, 1.82) is 0 Å². The van der Waals surface area contributed by atoms with Crippen LogP contribution >= 0.6 is 11.3 Å². The van der Waals surface area contributed by atoms with Gasteiger partial charge in [0.15, 0.2) is 5.96 Å². The molecule has 2 aliphatic rings. The van der Waals surface area contributed by atoms with Gasteiger partial charge in [-0.2, -0.15) is 0 Å². The molecule has 0 bridgehead atoms. The third-order valence-corrected chi connectivity index (χ3v) is 6.51. The largest absolute Gasteiger partial charge is 0.363 e. The van der Waals surface area contributed by atoms with Crippen molar-refractivity contribution in [3.63, 3.8) is 0 Å². The Bertz CT molecular complexity index is 761. The van der Waals surface area contributed by atoms with Gasteiger partial charge in [-0.15, -0.1) is 11.3 Å². The summed E-state index contributed by atoms with van der Waals surface area (Å²) < 4.78 is 0. The van der Waals surface area contributed by atoms with Gasteiger partial charge in [-0.05, 0) is 60.9 Å². The van der Waals surface area contributed by atoms with Gasteiger partial charge in [0.2, 0.25) is 0 Å². The van der Waals surface area contributed by atoms with Crippen LogP contribution in [0.5, 0.6) is 0 Å². The number of aliphatic imine (C=N–C) groups is 1. The normalized spacial score (nSPS) is 18.5. The van der Waals surface area contributed by atoms with Gasteiger partial charge in [-0.25, -0.2) is 4.98 Å². The molecule has 6 nitrogen and oxygen atoms in total. The lowest BCUT2D eigenvalue weighted by Gasteiger charge is -2.33. The molecule has 0 aromatic carbocycles. The summed E-state index contributed by atoms with van der Waals surface area (Å²) in [6.07, 6.45) is 6.72. The zero-order valence-corrected chi connectivity index (χ0v) is 17.4. The van der Waals surface area contributed by atoms with Crippen LogP contribution < -0.4 is 20.4 Å². The third-order valence-electron chi connectivity index (χ3n) is 5.58. The quantitative estimate of drug-likeness (QED) is 0.599. The lowest BCUT2D eigenvalue weighted by atomic mass is 10.1. The molecule has 0 saturated carbocycles. The van der Waals surface area contributed by atoms with E-state index in [4.69, 9.17) is 0 Å². The van der Waals surface area contributed by atoms with Crippen LogP contribution in [0.4, 0.5) is 10.8 Å². The number of aromatic nitrogens is 1. The summed E-state index contributed by atoms with van der Waals surface area (Å²) in [6.45, 7) is 5.20.